The van der Waals surface area contributed by atoms with Gasteiger partial charge in [-0.25, -0.2) is 14.3 Å². The monoisotopic (exact) mass is 402 g/mol. The van der Waals surface area contributed by atoms with Gasteiger partial charge in [-0.3, -0.25) is 0 Å². The number of carbonyl (C=O) groups excluding carboxylic acids is 2. The highest BCUT2D eigenvalue weighted by Gasteiger charge is 2.37. The minimum Gasteiger partial charge on any atom is -0.466 e. The number of aromatic nitrogens is 2. The number of amides is 2. The summed E-state index contributed by atoms with van der Waals surface area (Å²) < 4.78 is 6.79. The predicted octanol–water partition coefficient (Wildman–Crippen LogP) is 3.68. The van der Waals surface area contributed by atoms with E-state index in [-0.39, 0.29) is 6.03 Å². The van der Waals surface area contributed by atoms with Gasteiger partial charge in [-0.2, -0.15) is 5.10 Å². The first kappa shape index (κ1) is 19.4. The fourth-order valence-electron chi connectivity index (χ4n) is 3.58. The van der Waals surface area contributed by atoms with Crippen LogP contribution in [0.3, 0.4) is 0 Å². The molecule has 0 unspecified atom stereocenters. The third-order valence-corrected chi connectivity index (χ3v) is 5.28. The molecule has 2 amide bonds. The van der Waals surface area contributed by atoms with E-state index in [0.29, 0.717) is 22.5 Å². The van der Waals surface area contributed by atoms with Crippen LogP contribution in [0.1, 0.15) is 18.5 Å². The summed E-state index contributed by atoms with van der Waals surface area (Å²) in [5.74, 6) is -0.490. The maximum Gasteiger partial charge on any atom is 0.337 e. The Bertz CT molecular complexity index is 1120. The second-order valence-corrected chi connectivity index (χ2v) is 7.01. The first-order valence-electron chi connectivity index (χ1n) is 9.55. The molecule has 1 aliphatic heterocycles. The molecule has 0 aliphatic carbocycles. The molecular weight excluding hydrogens is 380 g/mol. The van der Waals surface area contributed by atoms with Crippen LogP contribution in [0.15, 0.2) is 78.1 Å². The van der Waals surface area contributed by atoms with Gasteiger partial charge in [0.2, 0.25) is 0 Å². The number of carbonyl (C=O) groups is 2. The van der Waals surface area contributed by atoms with Crippen LogP contribution in [-0.4, -0.2) is 40.8 Å². The SMILES string of the molecule is COC(=O)C1=C(C)N(C)C(=O)N[C@@H]1c1cn(-c2ccccc2)nc1-c1ccccc1. The zero-order valence-electron chi connectivity index (χ0n) is 17.0. The quantitative estimate of drug-likeness (QED) is 0.676. The molecule has 152 valence electrons. The molecule has 2 aromatic carbocycles. The molecule has 3 aromatic rings. The van der Waals surface area contributed by atoms with Gasteiger partial charge in [0, 0.05) is 30.1 Å². The zero-order valence-corrected chi connectivity index (χ0v) is 17.0. The van der Waals surface area contributed by atoms with Gasteiger partial charge in [-0.1, -0.05) is 48.5 Å². The van der Waals surface area contributed by atoms with Crippen molar-refractivity contribution in [1.29, 1.82) is 0 Å². The molecule has 30 heavy (non-hydrogen) atoms. The summed E-state index contributed by atoms with van der Waals surface area (Å²) in [7, 11) is 2.96. The zero-order chi connectivity index (χ0) is 21.3. The van der Waals surface area contributed by atoms with Crippen LogP contribution in [0.2, 0.25) is 0 Å². The smallest absolute Gasteiger partial charge is 0.337 e. The Labute approximate surface area is 174 Å². The van der Waals surface area contributed by atoms with Crippen LogP contribution in [0, 0.1) is 0 Å². The maximum atomic E-state index is 12.7. The molecule has 0 bridgehead atoms. The number of benzene rings is 2. The van der Waals surface area contributed by atoms with Crippen molar-refractivity contribution in [3.8, 4) is 16.9 Å². The van der Waals surface area contributed by atoms with E-state index in [2.05, 4.69) is 5.32 Å². The lowest BCUT2D eigenvalue weighted by Gasteiger charge is -2.32. The topological polar surface area (TPSA) is 76.5 Å². The van der Waals surface area contributed by atoms with Crippen molar-refractivity contribution in [2.75, 3.05) is 14.2 Å². The van der Waals surface area contributed by atoms with Crippen molar-refractivity contribution in [1.82, 2.24) is 20.0 Å². The van der Waals surface area contributed by atoms with E-state index in [1.54, 1.807) is 18.7 Å². The molecule has 7 nitrogen and oxygen atoms in total. The summed E-state index contributed by atoms with van der Waals surface area (Å²) in [6.45, 7) is 1.74. The van der Waals surface area contributed by atoms with Crippen LogP contribution in [0.5, 0.6) is 0 Å². The van der Waals surface area contributed by atoms with Gasteiger partial charge in [-0.05, 0) is 19.1 Å². The minimum absolute atomic E-state index is 0.295. The van der Waals surface area contributed by atoms with Gasteiger partial charge >= 0.3 is 12.0 Å². The number of allylic oxidation sites excluding steroid dienone is 1. The number of urea groups is 1. The number of nitrogens with one attached hydrogen (secondary N) is 1. The second kappa shape index (κ2) is 7.87. The number of rotatable bonds is 4. The van der Waals surface area contributed by atoms with Crippen molar-refractivity contribution in [3.05, 3.63) is 83.7 Å². The molecule has 0 saturated carbocycles. The lowest BCUT2D eigenvalue weighted by atomic mass is 9.93. The van der Waals surface area contributed by atoms with Crippen LogP contribution in [0.25, 0.3) is 16.9 Å². The van der Waals surface area contributed by atoms with E-state index in [1.807, 2.05) is 66.9 Å². The Balaban J connectivity index is 1.93. The van der Waals surface area contributed by atoms with Gasteiger partial charge in [0.05, 0.1) is 30.1 Å². The van der Waals surface area contributed by atoms with Crippen molar-refractivity contribution in [2.45, 2.75) is 13.0 Å². The Morgan fingerprint density at radius 3 is 2.33 bits per heavy atom. The van der Waals surface area contributed by atoms with Gasteiger partial charge in [-0.15, -0.1) is 0 Å². The first-order chi connectivity index (χ1) is 14.5. The molecule has 0 saturated heterocycles. The van der Waals surface area contributed by atoms with E-state index in [0.717, 1.165) is 11.3 Å². The largest absolute Gasteiger partial charge is 0.466 e. The minimum atomic E-state index is -0.686. The van der Waals surface area contributed by atoms with Crippen molar-refractivity contribution >= 4 is 12.0 Å². The van der Waals surface area contributed by atoms with Gasteiger partial charge in [0.15, 0.2) is 0 Å². The number of ether oxygens (including phenoxy) is 1. The summed E-state index contributed by atoms with van der Waals surface area (Å²) in [6, 6.07) is 18.4. The fraction of sp³-hybridized carbons (Fsp3) is 0.174. The predicted molar refractivity (Wildman–Crippen MR) is 113 cm³/mol. The molecule has 0 fully saturated rings. The van der Waals surface area contributed by atoms with E-state index in [9.17, 15) is 9.59 Å². The number of nitrogens with zero attached hydrogens (tertiary/aromatic N) is 3. The summed E-state index contributed by atoms with van der Waals surface area (Å²) >= 11 is 0. The standard InChI is InChI=1S/C23H22N4O3/c1-15-19(22(28)30-3)21(24-23(29)26(15)2)18-14-27(17-12-8-5-9-13-17)25-20(18)16-10-6-4-7-11-16/h4-14,21H,1-3H3,(H,24,29)/t21-/m1/s1. The molecule has 0 spiro atoms. The average Bonchev–Trinajstić information content (AvgIpc) is 3.23. The van der Waals surface area contributed by atoms with Crippen LogP contribution in [-0.2, 0) is 9.53 Å². The molecular formula is C23H22N4O3. The second-order valence-electron chi connectivity index (χ2n) is 7.01. The normalized spacial score (nSPS) is 16.4. The van der Waals surface area contributed by atoms with Crippen LogP contribution in [0.4, 0.5) is 4.79 Å². The molecule has 1 atom stereocenters. The van der Waals surface area contributed by atoms with E-state index in [1.165, 1.54) is 12.0 Å². The van der Waals surface area contributed by atoms with Crippen molar-refractivity contribution < 1.29 is 14.3 Å². The summed E-state index contributed by atoms with van der Waals surface area (Å²) in [6.07, 6.45) is 1.85. The van der Waals surface area contributed by atoms with Crippen LogP contribution < -0.4 is 5.32 Å². The van der Waals surface area contributed by atoms with Gasteiger partial charge in [0.1, 0.15) is 0 Å². The highest BCUT2D eigenvalue weighted by atomic mass is 16.5. The number of hydrogen-bond donors (Lipinski definition) is 1. The lowest BCUT2D eigenvalue weighted by molar-refractivity contribution is -0.136. The fourth-order valence-corrected chi connectivity index (χ4v) is 3.58. The highest BCUT2D eigenvalue weighted by molar-refractivity contribution is 5.95. The molecule has 0 radical (unpaired) electrons. The summed E-state index contributed by atoms with van der Waals surface area (Å²) in [5, 5.41) is 7.72. The number of methoxy groups -OCH3 is 1. The lowest BCUT2D eigenvalue weighted by Crippen LogP contribution is -2.46. The number of para-hydroxylation sites is 1. The first-order valence-corrected chi connectivity index (χ1v) is 9.55. The number of hydrogen-bond acceptors (Lipinski definition) is 4. The molecule has 2 heterocycles. The molecule has 1 aromatic heterocycles. The highest BCUT2D eigenvalue weighted by Crippen LogP contribution is 2.36. The Morgan fingerprint density at radius 2 is 1.70 bits per heavy atom. The van der Waals surface area contributed by atoms with E-state index >= 15 is 0 Å². The Hall–Kier alpha value is -3.87. The third-order valence-electron chi connectivity index (χ3n) is 5.28. The molecule has 7 heteroatoms. The third kappa shape index (κ3) is 3.34. The Morgan fingerprint density at radius 1 is 1.07 bits per heavy atom. The van der Waals surface area contributed by atoms with Gasteiger partial charge < -0.3 is 15.0 Å². The molecule has 1 aliphatic rings. The van der Waals surface area contributed by atoms with Crippen LogP contribution >= 0.6 is 0 Å². The summed E-state index contributed by atoms with van der Waals surface area (Å²) in [5.41, 5.74) is 4.08. The van der Waals surface area contributed by atoms with Gasteiger partial charge in [0.25, 0.3) is 0 Å². The Kier molecular flexibility index (Phi) is 5.10. The average molecular weight is 402 g/mol. The van der Waals surface area contributed by atoms with Crippen molar-refractivity contribution in [3.63, 3.8) is 0 Å². The van der Waals surface area contributed by atoms with E-state index in [4.69, 9.17) is 9.84 Å². The van der Waals surface area contributed by atoms with E-state index < -0.39 is 12.0 Å². The molecule has 1 N–H and O–H groups in total. The molecule has 4 rings (SSSR count). The maximum absolute atomic E-state index is 12.7. The summed E-state index contributed by atoms with van der Waals surface area (Å²) in [4.78, 5) is 26.6. The number of esters is 1. The van der Waals surface area contributed by atoms with Crippen molar-refractivity contribution in [2.24, 2.45) is 0 Å².